The lowest BCUT2D eigenvalue weighted by atomic mass is 9.88. The molecular weight excluding hydrogens is 380 g/mol. The second kappa shape index (κ2) is 9.21. The minimum absolute atomic E-state index is 0.0536. The average molecular weight is 409 g/mol. The Morgan fingerprint density at radius 2 is 2.00 bits per heavy atom. The summed E-state index contributed by atoms with van der Waals surface area (Å²) in [7, 11) is 3.55. The SMILES string of the molecule is COCCNc1c(NC(=O)C2CCCCC2)ncc2cnc(-c3cnn(C)c3)cc12. The number of hydrogen-bond acceptors (Lipinski definition) is 6. The summed E-state index contributed by atoms with van der Waals surface area (Å²) in [4.78, 5) is 21.9. The van der Waals surface area contributed by atoms with Crippen molar-refractivity contribution in [2.24, 2.45) is 13.0 Å². The summed E-state index contributed by atoms with van der Waals surface area (Å²) in [6.07, 6.45) is 12.6. The number of aromatic nitrogens is 4. The molecule has 1 fully saturated rings. The molecule has 3 heterocycles. The number of hydrogen-bond donors (Lipinski definition) is 2. The van der Waals surface area contributed by atoms with Gasteiger partial charge in [-0.3, -0.25) is 14.5 Å². The Bertz CT molecular complexity index is 1030. The molecule has 0 aliphatic heterocycles. The van der Waals surface area contributed by atoms with Crippen molar-refractivity contribution in [2.45, 2.75) is 32.1 Å². The van der Waals surface area contributed by atoms with Gasteiger partial charge in [0.1, 0.15) is 0 Å². The second-order valence-electron chi connectivity index (χ2n) is 7.79. The molecule has 1 saturated carbocycles. The van der Waals surface area contributed by atoms with E-state index in [1.807, 2.05) is 19.3 Å². The molecule has 0 saturated heterocycles. The minimum Gasteiger partial charge on any atom is -0.383 e. The van der Waals surface area contributed by atoms with Crippen LogP contribution in [0.3, 0.4) is 0 Å². The molecule has 1 aliphatic carbocycles. The van der Waals surface area contributed by atoms with E-state index >= 15 is 0 Å². The third kappa shape index (κ3) is 4.43. The molecule has 3 aromatic rings. The van der Waals surface area contributed by atoms with E-state index in [4.69, 9.17) is 4.74 Å². The third-order valence-corrected chi connectivity index (χ3v) is 5.60. The number of anilines is 2. The van der Waals surface area contributed by atoms with Gasteiger partial charge in [0, 0.05) is 61.5 Å². The molecule has 158 valence electrons. The van der Waals surface area contributed by atoms with Gasteiger partial charge in [-0.15, -0.1) is 0 Å². The first-order valence-electron chi connectivity index (χ1n) is 10.5. The molecule has 0 unspecified atom stereocenters. The highest BCUT2D eigenvalue weighted by Gasteiger charge is 2.23. The van der Waals surface area contributed by atoms with Crippen molar-refractivity contribution in [1.29, 1.82) is 0 Å². The molecule has 8 nitrogen and oxygen atoms in total. The van der Waals surface area contributed by atoms with Gasteiger partial charge < -0.3 is 15.4 Å². The number of pyridine rings is 2. The molecule has 8 heteroatoms. The summed E-state index contributed by atoms with van der Waals surface area (Å²) in [6.45, 7) is 1.15. The van der Waals surface area contributed by atoms with Gasteiger partial charge in [0.15, 0.2) is 5.82 Å². The minimum atomic E-state index is 0.0536. The molecule has 0 bridgehead atoms. The molecule has 0 aromatic carbocycles. The number of carbonyl (C=O) groups is 1. The van der Waals surface area contributed by atoms with E-state index in [-0.39, 0.29) is 11.8 Å². The lowest BCUT2D eigenvalue weighted by Gasteiger charge is -2.22. The van der Waals surface area contributed by atoms with Gasteiger partial charge in [0.2, 0.25) is 5.91 Å². The van der Waals surface area contributed by atoms with E-state index in [1.165, 1.54) is 6.42 Å². The summed E-state index contributed by atoms with van der Waals surface area (Å²) >= 11 is 0. The number of nitrogens with one attached hydrogen (secondary N) is 2. The zero-order valence-electron chi connectivity index (χ0n) is 17.5. The normalized spacial score (nSPS) is 14.7. The monoisotopic (exact) mass is 408 g/mol. The highest BCUT2D eigenvalue weighted by Crippen LogP contribution is 2.33. The molecule has 0 radical (unpaired) electrons. The largest absolute Gasteiger partial charge is 0.383 e. The van der Waals surface area contributed by atoms with Crippen LogP contribution in [0.4, 0.5) is 11.5 Å². The van der Waals surface area contributed by atoms with E-state index in [9.17, 15) is 4.79 Å². The fraction of sp³-hybridized carbons (Fsp3) is 0.455. The highest BCUT2D eigenvalue weighted by atomic mass is 16.5. The zero-order valence-corrected chi connectivity index (χ0v) is 17.5. The van der Waals surface area contributed by atoms with Gasteiger partial charge in [-0.2, -0.15) is 5.10 Å². The van der Waals surface area contributed by atoms with E-state index in [1.54, 1.807) is 30.4 Å². The molecule has 1 aliphatic rings. The van der Waals surface area contributed by atoms with Gasteiger partial charge in [-0.25, -0.2) is 4.98 Å². The van der Waals surface area contributed by atoms with E-state index in [0.717, 1.165) is 53.4 Å². The number of fused-ring (bicyclic) bond motifs is 1. The lowest BCUT2D eigenvalue weighted by Crippen LogP contribution is -2.26. The lowest BCUT2D eigenvalue weighted by molar-refractivity contribution is -0.120. The van der Waals surface area contributed by atoms with Crippen LogP contribution in [0.2, 0.25) is 0 Å². The number of aryl methyl sites for hydroxylation is 1. The number of rotatable bonds is 7. The predicted octanol–water partition coefficient (Wildman–Crippen LogP) is 3.61. The average Bonchev–Trinajstić information content (AvgIpc) is 3.21. The van der Waals surface area contributed by atoms with Crippen LogP contribution in [0.1, 0.15) is 32.1 Å². The van der Waals surface area contributed by atoms with Gasteiger partial charge in [-0.1, -0.05) is 19.3 Å². The molecular formula is C22H28N6O2. The summed E-state index contributed by atoms with van der Waals surface area (Å²) in [5.74, 6) is 0.668. The van der Waals surface area contributed by atoms with E-state index in [0.29, 0.717) is 19.0 Å². The van der Waals surface area contributed by atoms with Crippen molar-refractivity contribution in [1.82, 2.24) is 19.7 Å². The maximum absolute atomic E-state index is 12.9. The van der Waals surface area contributed by atoms with E-state index < -0.39 is 0 Å². The topological polar surface area (TPSA) is 94.0 Å². The van der Waals surface area contributed by atoms with E-state index in [2.05, 4.69) is 25.7 Å². The molecule has 30 heavy (non-hydrogen) atoms. The Hall–Kier alpha value is -3.00. The molecule has 1 amide bonds. The highest BCUT2D eigenvalue weighted by molar-refractivity contribution is 6.04. The summed E-state index contributed by atoms with van der Waals surface area (Å²) < 4.78 is 6.95. The molecule has 0 spiro atoms. The molecule has 4 rings (SSSR count). The number of carbonyl (C=O) groups excluding carboxylic acids is 1. The van der Waals surface area contributed by atoms with Gasteiger partial charge in [0.05, 0.1) is 24.2 Å². The smallest absolute Gasteiger partial charge is 0.228 e. The summed E-state index contributed by atoms with van der Waals surface area (Å²) in [6, 6.07) is 2.01. The number of nitrogens with zero attached hydrogens (tertiary/aromatic N) is 4. The Morgan fingerprint density at radius 1 is 1.20 bits per heavy atom. The van der Waals surface area contributed by atoms with Crippen LogP contribution in [0.5, 0.6) is 0 Å². The molecule has 2 N–H and O–H groups in total. The Balaban J connectivity index is 1.70. The number of ether oxygens (including phenoxy) is 1. The van der Waals surface area contributed by atoms with Crippen molar-refractivity contribution in [3.05, 3.63) is 30.9 Å². The van der Waals surface area contributed by atoms with Crippen molar-refractivity contribution in [3.63, 3.8) is 0 Å². The number of methoxy groups -OCH3 is 1. The maximum Gasteiger partial charge on any atom is 0.228 e. The first-order valence-corrected chi connectivity index (χ1v) is 10.5. The van der Waals surface area contributed by atoms with Crippen LogP contribution in [-0.4, -0.2) is 45.9 Å². The standard InChI is InChI=1S/C22H28N6O2/c1-28-14-17(13-26-28)19-10-18-16(11-24-19)12-25-21(20(18)23-8-9-30-2)27-22(29)15-6-4-3-5-7-15/h10-15,23H,3-9H2,1-2H3,(H,25,27,29). The molecule has 3 aromatic heterocycles. The van der Waals surface area contributed by atoms with Crippen LogP contribution >= 0.6 is 0 Å². The van der Waals surface area contributed by atoms with Gasteiger partial charge in [0.25, 0.3) is 0 Å². The predicted molar refractivity (Wildman–Crippen MR) is 117 cm³/mol. The van der Waals surface area contributed by atoms with Crippen molar-refractivity contribution in [2.75, 3.05) is 30.9 Å². The first kappa shape index (κ1) is 20.3. The van der Waals surface area contributed by atoms with Crippen molar-refractivity contribution < 1.29 is 9.53 Å². The van der Waals surface area contributed by atoms with Gasteiger partial charge in [-0.05, 0) is 18.9 Å². The molecule has 0 atom stereocenters. The van der Waals surface area contributed by atoms with Crippen LogP contribution in [0, 0.1) is 5.92 Å². The van der Waals surface area contributed by atoms with Crippen molar-refractivity contribution in [3.8, 4) is 11.3 Å². The van der Waals surface area contributed by atoms with Gasteiger partial charge >= 0.3 is 0 Å². The fourth-order valence-corrected chi connectivity index (χ4v) is 3.96. The zero-order chi connectivity index (χ0) is 20.9. The Morgan fingerprint density at radius 3 is 2.73 bits per heavy atom. The summed E-state index contributed by atoms with van der Waals surface area (Å²) in [5.41, 5.74) is 2.55. The first-order chi connectivity index (χ1) is 14.7. The summed E-state index contributed by atoms with van der Waals surface area (Å²) in [5, 5.41) is 12.6. The van der Waals surface area contributed by atoms with Crippen LogP contribution < -0.4 is 10.6 Å². The third-order valence-electron chi connectivity index (χ3n) is 5.60. The number of amides is 1. The Labute approximate surface area is 176 Å². The Kier molecular flexibility index (Phi) is 6.23. The fourth-order valence-electron chi connectivity index (χ4n) is 3.96. The van der Waals surface area contributed by atoms with Crippen LogP contribution in [0.25, 0.3) is 22.0 Å². The van der Waals surface area contributed by atoms with Crippen LogP contribution in [0.15, 0.2) is 30.9 Å². The second-order valence-corrected chi connectivity index (χ2v) is 7.79. The quantitative estimate of drug-likeness (QED) is 0.580. The van der Waals surface area contributed by atoms with Crippen molar-refractivity contribution >= 4 is 28.2 Å². The maximum atomic E-state index is 12.9. The van der Waals surface area contributed by atoms with Crippen LogP contribution in [-0.2, 0) is 16.6 Å².